The van der Waals surface area contributed by atoms with Crippen LogP contribution in [0.4, 0.5) is 0 Å². The number of aryl methyl sites for hydroxylation is 2. The van der Waals surface area contributed by atoms with Crippen LogP contribution in [-0.2, 0) is 33.7 Å². The van der Waals surface area contributed by atoms with Crippen LogP contribution in [-0.4, -0.2) is 0 Å². The Morgan fingerprint density at radius 2 is 0.849 bits per heavy atom. The quantitative estimate of drug-likeness (QED) is 0.148. The summed E-state index contributed by atoms with van der Waals surface area (Å²) in [5, 5.41) is 0. The zero-order chi connectivity index (χ0) is 35.7. The van der Waals surface area contributed by atoms with Crippen LogP contribution >= 0.6 is 22.7 Å². The SMILES string of the molecule is Cc1ccc(C2[C]([Hf+2][C]3=Cc4c(-c5ccc(C(C)(C)C)cc5)cccc4C3c3ccc(C)s3)=Cc3c(-c4ccc(C(C)(C)C)cc4)cccc32)s1.[Cl-].[Cl-]. The van der Waals surface area contributed by atoms with Crippen LogP contribution in [0.2, 0.25) is 0 Å². The van der Waals surface area contributed by atoms with Gasteiger partial charge in [0.25, 0.3) is 0 Å². The van der Waals surface area contributed by atoms with Crippen molar-refractivity contribution < 1.29 is 47.7 Å². The molecule has 2 aliphatic carbocycles. The third kappa shape index (κ3) is 7.72. The van der Waals surface area contributed by atoms with E-state index in [-0.39, 0.29) is 35.6 Å². The molecule has 0 amide bonds. The van der Waals surface area contributed by atoms with Crippen molar-refractivity contribution in [2.45, 2.75) is 78.1 Å². The third-order valence-electron chi connectivity index (χ3n) is 10.6. The first-order valence-corrected chi connectivity index (χ1v) is 23.4. The van der Waals surface area contributed by atoms with Crippen molar-refractivity contribution in [3.63, 3.8) is 0 Å². The molecule has 4 aromatic carbocycles. The summed E-state index contributed by atoms with van der Waals surface area (Å²) in [4.78, 5) is 5.76. The zero-order valence-electron chi connectivity index (χ0n) is 31.8. The van der Waals surface area contributed by atoms with Crippen LogP contribution in [0.25, 0.3) is 34.4 Å². The van der Waals surface area contributed by atoms with Crippen molar-refractivity contribution in [3.8, 4) is 22.3 Å². The van der Waals surface area contributed by atoms with E-state index in [1.807, 2.05) is 22.7 Å². The molecule has 2 unspecified atom stereocenters. The molecule has 0 nitrogen and oxygen atoms in total. The monoisotopic (exact) mass is 936 g/mol. The van der Waals surface area contributed by atoms with Gasteiger partial charge in [-0.3, -0.25) is 0 Å². The van der Waals surface area contributed by atoms with Crippen molar-refractivity contribution in [2.24, 2.45) is 0 Å². The summed E-state index contributed by atoms with van der Waals surface area (Å²) in [6.45, 7) is 18.3. The normalized spacial score (nSPS) is 16.2. The summed E-state index contributed by atoms with van der Waals surface area (Å²) in [7, 11) is 0. The van der Waals surface area contributed by atoms with E-state index in [1.54, 1.807) is 6.66 Å². The van der Waals surface area contributed by atoms with Crippen molar-refractivity contribution in [1.29, 1.82) is 0 Å². The van der Waals surface area contributed by atoms with E-state index < -0.39 is 22.9 Å². The third-order valence-corrected chi connectivity index (χ3v) is 17.9. The molecule has 53 heavy (non-hydrogen) atoms. The number of hydrogen-bond donors (Lipinski definition) is 0. The molecule has 2 heterocycles. The molecule has 0 saturated heterocycles. The van der Waals surface area contributed by atoms with Crippen LogP contribution < -0.4 is 24.8 Å². The van der Waals surface area contributed by atoms with Crippen LogP contribution in [0.1, 0.15) is 106 Å². The maximum absolute atomic E-state index is 2.64. The standard InChI is InChI=1S/2C24H23S.2ClH.Hf/c2*1-16-8-15-23(25-16)22-14-13-21-19(6-5-7-20(21)22)17-9-11-18(12-10-17)24(2,3)4;;;/h2*5-13,15,22H,1-4H3;2*1H;/q;;;;+2/p-2. The number of hydrogen-bond acceptors (Lipinski definition) is 2. The maximum atomic E-state index is 2.64. The summed E-state index contributed by atoms with van der Waals surface area (Å²) in [5.74, 6) is 0.686. The van der Waals surface area contributed by atoms with E-state index in [2.05, 4.69) is 177 Å². The summed E-state index contributed by atoms with van der Waals surface area (Å²) in [5.41, 5.74) is 14.2. The average Bonchev–Trinajstić information content (AvgIpc) is 3.88. The van der Waals surface area contributed by atoms with Crippen LogP contribution in [0.15, 0.2) is 116 Å². The Balaban J connectivity index is 0.00000240. The Morgan fingerprint density at radius 1 is 0.472 bits per heavy atom. The van der Waals surface area contributed by atoms with Crippen molar-refractivity contribution in [3.05, 3.63) is 169 Å². The van der Waals surface area contributed by atoms with Gasteiger partial charge in [-0.2, -0.15) is 0 Å². The van der Waals surface area contributed by atoms with Gasteiger partial charge in [-0.15, -0.1) is 0 Å². The van der Waals surface area contributed by atoms with Gasteiger partial charge >= 0.3 is 327 Å². The Kier molecular flexibility index (Phi) is 11.6. The number of rotatable bonds is 6. The molecule has 6 aromatic rings. The van der Waals surface area contributed by atoms with Gasteiger partial charge in [-0.05, 0) is 0 Å². The molecule has 8 rings (SSSR count). The molecule has 2 aromatic heterocycles. The maximum Gasteiger partial charge on any atom is -1.00 e. The Morgan fingerprint density at radius 3 is 1.17 bits per heavy atom. The van der Waals surface area contributed by atoms with Gasteiger partial charge in [0.2, 0.25) is 0 Å². The van der Waals surface area contributed by atoms with E-state index >= 15 is 0 Å². The first-order valence-electron chi connectivity index (χ1n) is 18.2. The fourth-order valence-electron chi connectivity index (χ4n) is 7.82. The topological polar surface area (TPSA) is 0 Å². The van der Waals surface area contributed by atoms with Crippen molar-refractivity contribution in [1.82, 2.24) is 0 Å². The Hall–Kier alpha value is -2.79. The predicted octanol–water partition coefficient (Wildman–Crippen LogP) is 8.12. The van der Waals surface area contributed by atoms with Gasteiger partial charge in [0, 0.05) is 0 Å². The second kappa shape index (κ2) is 15.4. The molecule has 0 radical (unpaired) electrons. The van der Waals surface area contributed by atoms with E-state index in [9.17, 15) is 0 Å². The van der Waals surface area contributed by atoms with Crippen molar-refractivity contribution >= 4 is 34.8 Å². The predicted molar refractivity (Wildman–Crippen MR) is 219 cm³/mol. The Labute approximate surface area is 348 Å². The van der Waals surface area contributed by atoms with Crippen LogP contribution in [0.3, 0.4) is 0 Å². The Bertz CT molecular complexity index is 2160. The molecule has 5 heteroatoms. The van der Waals surface area contributed by atoms with E-state index in [4.69, 9.17) is 0 Å². The molecular formula is C48H46Cl2HfS2. The van der Waals surface area contributed by atoms with E-state index in [1.165, 1.54) is 75.1 Å². The zero-order valence-corrected chi connectivity index (χ0v) is 38.5. The number of allylic oxidation sites excluding steroid dienone is 2. The van der Waals surface area contributed by atoms with E-state index in [0.29, 0.717) is 11.8 Å². The molecule has 0 spiro atoms. The first-order chi connectivity index (χ1) is 24.3. The minimum Gasteiger partial charge on any atom is -1.00 e. The largest absolute Gasteiger partial charge is 1.00 e. The minimum atomic E-state index is -1.54. The summed E-state index contributed by atoms with van der Waals surface area (Å²) >= 11 is 2.42. The molecule has 0 saturated carbocycles. The molecular weight excluding hydrogens is 890 g/mol. The first kappa shape index (κ1) is 39.9. The number of halogens is 2. The second-order valence-electron chi connectivity index (χ2n) is 16.4. The average molecular weight is 936 g/mol. The molecule has 0 N–H and O–H groups in total. The smallest absolute Gasteiger partial charge is 1.00 e. The van der Waals surface area contributed by atoms with E-state index in [0.717, 1.165) is 0 Å². The minimum absolute atomic E-state index is 0. The molecule has 0 aliphatic heterocycles. The van der Waals surface area contributed by atoms with Crippen LogP contribution in [0, 0.1) is 13.8 Å². The molecule has 268 valence electrons. The van der Waals surface area contributed by atoms with Gasteiger partial charge in [-0.25, -0.2) is 0 Å². The summed E-state index contributed by atoms with van der Waals surface area (Å²) in [6, 6.07) is 42.2. The number of benzene rings is 4. The molecule has 2 aliphatic rings. The van der Waals surface area contributed by atoms with Crippen LogP contribution in [0.5, 0.6) is 0 Å². The van der Waals surface area contributed by atoms with Gasteiger partial charge in [0.15, 0.2) is 0 Å². The van der Waals surface area contributed by atoms with Gasteiger partial charge in [0.1, 0.15) is 0 Å². The fraction of sp³-hybridized carbons (Fsp3) is 0.250. The fourth-order valence-corrected chi connectivity index (χ4v) is 16.6. The summed E-state index contributed by atoms with van der Waals surface area (Å²) < 4.78 is 3.39. The summed E-state index contributed by atoms with van der Waals surface area (Å²) in [6.07, 6.45) is 5.27. The van der Waals surface area contributed by atoms with Gasteiger partial charge < -0.3 is 24.8 Å². The molecule has 0 fully saturated rings. The molecule has 2 atom stereocenters. The van der Waals surface area contributed by atoms with Crippen molar-refractivity contribution in [2.75, 3.05) is 0 Å². The molecule has 0 bridgehead atoms. The van der Waals surface area contributed by atoms with Gasteiger partial charge in [-0.1, -0.05) is 0 Å². The van der Waals surface area contributed by atoms with Gasteiger partial charge in [0.05, 0.1) is 0 Å². The number of thiophene rings is 2. The second-order valence-corrected chi connectivity index (χ2v) is 24.0. The number of fused-ring (bicyclic) bond motifs is 2.